The number of carbonyl (C=O) groups excluding carboxylic acids is 1. The van der Waals surface area contributed by atoms with Crippen LogP contribution in [0.3, 0.4) is 0 Å². The van der Waals surface area contributed by atoms with Crippen LogP contribution in [-0.4, -0.2) is 27.0 Å². The lowest BCUT2D eigenvalue weighted by molar-refractivity contribution is -0.139. The van der Waals surface area contributed by atoms with Gasteiger partial charge in [-0.3, -0.25) is 4.79 Å². The molecule has 0 saturated carbocycles. The molecule has 2 aromatic carbocycles. The molecule has 1 atom stereocenters. The number of aliphatic carboxylic acids is 1. The largest absolute Gasteiger partial charge is 0.479 e. The zero-order chi connectivity index (χ0) is 18.1. The second kappa shape index (κ2) is 6.33. The van der Waals surface area contributed by atoms with Crippen molar-refractivity contribution in [3.05, 3.63) is 78.1 Å². The number of rotatable bonds is 4. The predicted molar refractivity (Wildman–Crippen MR) is 97.9 cm³/mol. The van der Waals surface area contributed by atoms with Gasteiger partial charge in [-0.05, 0) is 17.7 Å². The number of amides is 1. The molecule has 0 aliphatic heterocycles. The van der Waals surface area contributed by atoms with Gasteiger partial charge in [-0.15, -0.1) is 0 Å². The molecule has 128 valence electrons. The molecule has 0 bridgehead atoms. The Bertz CT molecular complexity index is 1120. The van der Waals surface area contributed by atoms with Crippen LogP contribution in [0.1, 0.15) is 22.1 Å². The van der Waals surface area contributed by atoms with E-state index in [0.717, 1.165) is 21.8 Å². The fraction of sp³-hybridized carbons (Fsp3) is 0.0500. The molecule has 1 unspecified atom stereocenters. The Morgan fingerprint density at radius 1 is 0.962 bits per heavy atom. The number of aromatic amines is 1. The van der Waals surface area contributed by atoms with E-state index in [2.05, 4.69) is 15.3 Å². The molecule has 2 heterocycles. The molecule has 0 aliphatic rings. The highest BCUT2D eigenvalue weighted by Gasteiger charge is 2.23. The van der Waals surface area contributed by atoms with E-state index in [1.807, 2.05) is 24.3 Å². The van der Waals surface area contributed by atoms with Gasteiger partial charge in [0.15, 0.2) is 6.04 Å². The Hall–Kier alpha value is -3.67. The predicted octanol–water partition coefficient (Wildman–Crippen LogP) is 3.27. The maximum Gasteiger partial charge on any atom is 0.330 e. The summed E-state index contributed by atoms with van der Waals surface area (Å²) < 4.78 is 0. The summed E-state index contributed by atoms with van der Waals surface area (Å²) in [5.41, 5.74) is 2.45. The minimum absolute atomic E-state index is 0.171. The van der Waals surface area contributed by atoms with Crippen LogP contribution in [0.4, 0.5) is 0 Å². The van der Waals surface area contributed by atoms with E-state index in [-0.39, 0.29) is 5.69 Å². The van der Waals surface area contributed by atoms with E-state index in [0.29, 0.717) is 5.56 Å². The Labute approximate surface area is 148 Å². The first kappa shape index (κ1) is 15.8. The average Bonchev–Trinajstić information content (AvgIpc) is 3.04. The molecule has 4 aromatic rings. The van der Waals surface area contributed by atoms with Crippen LogP contribution < -0.4 is 5.32 Å². The highest BCUT2D eigenvalue weighted by molar-refractivity contribution is 6.09. The minimum atomic E-state index is -1.14. The second-order valence-electron chi connectivity index (χ2n) is 5.94. The van der Waals surface area contributed by atoms with Gasteiger partial charge in [-0.2, -0.15) is 0 Å². The number of fused-ring (bicyclic) bond motifs is 3. The number of hydrogen-bond donors (Lipinski definition) is 3. The average molecular weight is 345 g/mol. The fourth-order valence-corrected chi connectivity index (χ4v) is 3.01. The van der Waals surface area contributed by atoms with Crippen LogP contribution >= 0.6 is 0 Å². The summed E-state index contributed by atoms with van der Waals surface area (Å²) in [7, 11) is 0. The van der Waals surface area contributed by atoms with Crippen LogP contribution in [0.15, 0.2) is 66.9 Å². The Kier molecular flexibility index (Phi) is 3.85. The van der Waals surface area contributed by atoms with Gasteiger partial charge in [0.2, 0.25) is 0 Å². The third kappa shape index (κ3) is 2.77. The van der Waals surface area contributed by atoms with E-state index in [1.165, 1.54) is 0 Å². The van der Waals surface area contributed by atoms with Gasteiger partial charge < -0.3 is 15.4 Å². The van der Waals surface area contributed by atoms with E-state index in [1.54, 1.807) is 42.6 Å². The van der Waals surface area contributed by atoms with E-state index >= 15 is 0 Å². The standard InChI is InChI=1S/C20H15N3O3/c24-19(23-18(20(25)26)12-6-2-1-3-7-12)16-10-14-13-8-4-5-9-15(13)22-17(14)11-21-16/h1-11,18,22H,(H,23,24)(H,25,26). The summed E-state index contributed by atoms with van der Waals surface area (Å²) in [5, 5.41) is 13.9. The summed E-state index contributed by atoms with van der Waals surface area (Å²) in [6.45, 7) is 0. The van der Waals surface area contributed by atoms with Crippen molar-refractivity contribution in [1.29, 1.82) is 0 Å². The molecule has 0 saturated heterocycles. The number of aromatic nitrogens is 2. The number of benzene rings is 2. The second-order valence-corrected chi connectivity index (χ2v) is 5.94. The third-order valence-corrected chi connectivity index (χ3v) is 4.28. The molecule has 4 rings (SSSR count). The molecule has 0 radical (unpaired) electrons. The Balaban J connectivity index is 1.69. The van der Waals surface area contributed by atoms with Gasteiger partial charge in [0.25, 0.3) is 5.91 Å². The van der Waals surface area contributed by atoms with Crippen molar-refractivity contribution < 1.29 is 14.7 Å². The fourth-order valence-electron chi connectivity index (χ4n) is 3.01. The first-order valence-corrected chi connectivity index (χ1v) is 8.08. The van der Waals surface area contributed by atoms with Gasteiger partial charge in [-0.1, -0.05) is 48.5 Å². The highest BCUT2D eigenvalue weighted by Crippen LogP contribution is 2.25. The van der Waals surface area contributed by atoms with Crippen molar-refractivity contribution >= 4 is 33.7 Å². The number of carboxylic acids is 1. The molecule has 1 amide bonds. The van der Waals surface area contributed by atoms with Crippen molar-refractivity contribution in [3.8, 4) is 0 Å². The summed E-state index contributed by atoms with van der Waals surface area (Å²) in [6, 6.07) is 16.9. The van der Waals surface area contributed by atoms with Crippen LogP contribution in [0.2, 0.25) is 0 Å². The van der Waals surface area contributed by atoms with Gasteiger partial charge >= 0.3 is 5.97 Å². The zero-order valence-electron chi connectivity index (χ0n) is 13.6. The van der Waals surface area contributed by atoms with Crippen LogP contribution in [0, 0.1) is 0 Å². The molecule has 0 spiro atoms. The summed E-state index contributed by atoms with van der Waals surface area (Å²) in [4.78, 5) is 31.6. The number of H-pyrrole nitrogens is 1. The van der Waals surface area contributed by atoms with Gasteiger partial charge in [-0.25, -0.2) is 9.78 Å². The van der Waals surface area contributed by atoms with Crippen molar-refractivity contribution in [1.82, 2.24) is 15.3 Å². The summed E-state index contributed by atoms with van der Waals surface area (Å²) >= 11 is 0. The number of carboxylic acid groups (broad SMARTS) is 1. The van der Waals surface area contributed by atoms with E-state index in [4.69, 9.17) is 0 Å². The number of carbonyl (C=O) groups is 2. The van der Waals surface area contributed by atoms with Crippen LogP contribution in [-0.2, 0) is 4.79 Å². The lowest BCUT2D eigenvalue weighted by atomic mass is 10.1. The summed E-state index contributed by atoms with van der Waals surface area (Å²) in [6.07, 6.45) is 1.59. The number of hydrogen-bond acceptors (Lipinski definition) is 3. The van der Waals surface area contributed by atoms with Gasteiger partial charge in [0.05, 0.1) is 11.7 Å². The molecule has 0 aliphatic carbocycles. The molecule has 2 aromatic heterocycles. The van der Waals surface area contributed by atoms with Crippen molar-refractivity contribution in [2.24, 2.45) is 0 Å². The summed E-state index contributed by atoms with van der Waals surface area (Å²) in [5.74, 6) is -1.66. The molecule has 3 N–H and O–H groups in total. The molecule has 0 fully saturated rings. The normalized spacial score (nSPS) is 12.2. The SMILES string of the molecule is O=C(NC(C(=O)O)c1ccccc1)c1cc2c(cn1)[nH]c1ccccc12. The first-order valence-electron chi connectivity index (χ1n) is 8.08. The highest BCUT2D eigenvalue weighted by atomic mass is 16.4. The van der Waals surface area contributed by atoms with Crippen molar-refractivity contribution in [2.75, 3.05) is 0 Å². The molecular weight excluding hydrogens is 330 g/mol. The maximum absolute atomic E-state index is 12.6. The molecular formula is C20H15N3O3. The molecule has 6 heteroatoms. The topological polar surface area (TPSA) is 95.1 Å². The van der Waals surface area contributed by atoms with Gasteiger partial charge in [0.1, 0.15) is 5.69 Å². The number of nitrogens with one attached hydrogen (secondary N) is 2. The smallest absolute Gasteiger partial charge is 0.330 e. The van der Waals surface area contributed by atoms with Crippen molar-refractivity contribution in [3.63, 3.8) is 0 Å². The number of nitrogens with zero attached hydrogens (tertiary/aromatic N) is 1. The number of pyridine rings is 1. The number of para-hydroxylation sites is 1. The van der Waals surface area contributed by atoms with E-state index in [9.17, 15) is 14.7 Å². The third-order valence-electron chi connectivity index (χ3n) is 4.28. The molecule has 26 heavy (non-hydrogen) atoms. The quantitative estimate of drug-likeness (QED) is 0.529. The zero-order valence-corrected chi connectivity index (χ0v) is 13.6. The lowest BCUT2D eigenvalue weighted by Gasteiger charge is -2.14. The molecule has 6 nitrogen and oxygen atoms in total. The van der Waals surface area contributed by atoms with Crippen LogP contribution in [0.25, 0.3) is 21.8 Å². The van der Waals surface area contributed by atoms with Crippen molar-refractivity contribution in [2.45, 2.75) is 6.04 Å². The monoisotopic (exact) mass is 345 g/mol. The lowest BCUT2D eigenvalue weighted by Crippen LogP contribution is -2.34. The van der Waals surface area contributed by atoms with Crippen LogP contribution in [0.5, 0.6) is 0 Å². The Morgan fingerprint density at radius 2 is 1.69 bits per heavy atom. The van der Waals surface area contributed by atoms with E-state index < -0.39 is 17.9 Å². The Morgan fingerprint density at radius 3 is 2.46 bits per heavy atom. The van der Waals surface area contributed by atoms with Gasteiger partial charge in [0, 0.05) is 16.3 Å². The first-order chi connectivity index (χ1) is 12.6. The minimum Gasteiger partial charge on any atom is -0.479 e. The maximum atomic E-state index is 12.6.